The van der Waals surface area contributed by atoms with E-state index < -0.39 is 0 Å². The van der Waals surface area contributed by atoms with Crippen molar-refractivity contribution in [3.63, 3.8) is 0 Å². The second-order valence-electron chi connectivity index (χ2n) is 13.0. The minimum atomic E-state index is -0.182. The van der Waals surface area contributed by atoms with Gasteiger partial charge in [0.2, 0.25) is 5.91 Å². The monoisotopic (exact) mass is 590 g/mol. The molecule has 2 aromatic carbocycles. The van der Waals surface area contributed by atoms with Gasteiger partial charge < -0.3 is 10.4 Å². The zero-order chi connectivity index (χ0) is 31.1. The highest BCUT2D eigenvalue weighted by Crippen LogP contribution is 2.35. The molecule has 5 rings (SSSR count). The first kappa shape index (κ1) is 31.6. The molecule has 0 fully saturated rings. The molecule has 1 aliphatic rings. The molecule has 6 heteroatoms. The van der Waals surface area contributed by atoms with Gasteiger partial charge in [0.05, 0.1) is 30.0 Å². The average molecular weight is 591 g/mol. The van der Waals surface area contributed by atoms with Crippen molar-refractivity contribution in [2.24, 2.45) is 0 Å². The Balaban J connectivity index is 1.38. The lowest BCUT2D eigenvalue weighted by molar-refractivity contribution is -0.122. The summed E-state index contributed by atoms with van der Waals surface area (Å²) in [5, 5.41) is 13.6. The number of nitrogens with zero attached hydrogens (tertiary/aromatic N) is 3. The number of carbonyl (C=O) groups is 1. The van der Waals surface area contributed by atoms with E-state index in [9.17, 15) is 9.90 Å². The summed E-state index contributed by atoms with van der Waals surface area (Å²) in [6.45, 7) is 10.4. The number of fused-ring (bicyclic) bond motifs is 1. The highest BCUT2D eigenvalue weighted by atomic mass is 16.3. The van der Waals surface area contributed by atoms with Gasteiger partial charge in [0.25, 0.3) is 0 Å². The fraction of sp³-hybridized carbons (Fsp3) is 0.395. The number of aliphatic hydroxyl groups excluding tert-OH is 1. The van der Waals surface area contributed by atoms with Crippen LogP contribution in [0.3, 0.4) is 0 Å². The minimum absolute atomic E-state index is 0.0213. The van der Waals surface area contributed by atoms with E-state index in [1.807, 2.05) is 61.8 Å². The number of benzene rings is 2. The summed E-state index contributed by atoms with van der Waals surface area (Å²) in [5.74, 6) is -0.160. The number of hydrogen-bond acceptors (Lipinski definition) is 5. The van der Waals surface area contributed by atoms with Gasteiger partial charge in [-0.2, -0.15) is 0 Å². The van der Waals surface area contributed by atoms with Crippen LogP contribution in [-0.4, -0.2) is 25.9 Å². The van der Waals surface area contributed by atoms with Crippen LogP contribution < -0.4 is 5.32 Å². The zero-order valence-electron chi connectivity index (χ0n) is 26.6. The SMILES string of the molecule is CCC(C(=O)NCc1ccc(CN(Cc2cc(C(C)(C)C)ccn2)C2CCCc3cccnc32)c(CO)c1)c1ccccc1. The molecular weight excluding hydrogens is 544 g/mol. The topological polar surface area (TPSA) is 78.4 Å². The van der Waals surface area contributed by atoms with Gasteiger partial charge in [0, 0.05) is 32.0 Å². The summed E-state index contributed by atoms with van der Waals surface area (Å²) in [6.07, 6.45) is 7.75. The molecule has 2 heterocycles. The van der Waals surface area contributed by atoms with Crippen molar-refractivity contribution in [1.82, 2.24) is 20.2 Å². The first-order chi connectivity index (χ1) is 21.3. The van der Waals surface area contributed by atoms with Crippen molar-refractivity contribution in [3.05, 3.63) is 130 Å². The molecule has 2 N–H and O–H groups in total. The maximum atomic E-state index is 13.1. The van der Waals surface area contributed by atoms with E-state index in [0.29, 0.717) is 19.6 Å². The van der Waals surface area contributed by atoms with E-state index in [4.69, 9.17) is 9.97 Å². The molecule has 0 bridgehead atoms. The zero-order valence-corrected chi connectivity index (χ0v) is 26.6. The lowest BCUT2D eigenvalue weighted by Gasteiger charge is -2.35. The molecule has 6 nitrogen and oxygen atoms in total. The maximum Gasteiger partial charge on any atom is 0.227 e. The quantitative estimate of drug-likeness (QED) is 0.194. The van der Waals surface area contributed by atoms with Crippen LogP contribution in [0.1, 0.15) is 104 Å². The Morgan fingerprint density at radius 2 is 1.80 bits per heavy atom. The Morgan fingerprint density at radius 1 is 0.977 bits per heavy atom. The van der Waals surface area contributed by atoms with Gasteiger partial charge in [-0.25, -0.2) is 0 Å². The fourth-order valence-corrected chi connectivity index (χ4v) is 6.34. The number of pyridine rings is 2. The van der Waals surface area contributed by atoms with Crippen molar-refractivity contribution < 1.29 is 9.90 Å². The van der Waals surface area contributed by atoms with Gasteiger partial charge in [-0.15, -0.1) is 0 Å². The number of aryl methyl sites for hydroxylation is 1. The summed E-state index contributed by atoms with van der Waals surface area (Å²) >= 11 is 0. The molecule has 0 radical (unpaired) electrons. The fourth-order valence-electron chi connectivity index (χ4n) is 6.34. The van der Waals surface area contributed by atoms with E-state index in [0.717, 1.165) is 59.3 Å². The second kappa shape index (κ2) is 14.3. The van der Waals surface area contributed by atoms with Crippen LogP contribution in [0.5, 0.6) is 0 Å². The number of rotatable bonds is 11. The molecule has 4 aromatic rings. The maximum absolute atomic E-state index is 13.1. The predicted octanol–water partition coefficient (Wildman–Crippen LogP) is 7.16. The summed E-state index contributed by atoms with van der Waals surface area (Å²) < 4.78 is 0. The summed E-state index contributed by atoms with van der Waals surface area (Å²) in [6, 6.07) is 24.9. The standard InChI is InChI=1S/C38H46N4O2/c1-5-34(28-11-7-6-8-12-28)37(44)41-23-27-16-17-30(31(21-27)26-43)24-42(25-33-22-32(18-20-39-33)38(2,3)4)35-15-9-13-29-14-10-19-40-36(29)35/h6-8,10-12,14,16-22,34-35,43H,5,9,13,15,23-26H2,1-4H3,(H,41,44). The average Bonchev–Trinajstić information content (AvgIpc) is 3.04. The summed E-state index contributed by atoms with van der Waals surface area (Å²) in [5.41, 5.74) is 8.77. The Kier molecular flexibility index (Phi) is 10.2. The van der Waals surface area contributed by atoms with Crippen LogP contribution in [-0.2, 0) is 42.9 Å². The molecule has 0 aliphatic heterocycles. The van der Waals surface area contributed by atoms with Crippen LogP contribution in [0, 0.1) is 0 Å². The Hall–Kier alpha value is -3.87. The molecule has 2 atom stereocenters. The van der Waals surface area contributed by atoms with Crippen molar-refractivity contribution >= 4 is 5.91 Å². The second-order valence-corrected chi connectivity index (χ2v) is 13.0. The lowest BCUT2D eigenvalue weighted by Crippen LogP contribution is -2.32. The first-order valence-electron chi connectivity index (χ1n) is 15.9. The number of amides is 1. The van der Waals surface area contributed by atoms with Crippen molar-refractivity contribution in [2.45, 2.75) is 97.0 Å². The van der Waals surface area contributed by atoms with Crippen molar-refractivity contribution in [1.29, 1.82) is 0 Å². The molecule has 0 saturated heterocycles. The highest BCUT2D eigenvalue weighted by Gasteiger charge is 2.29. The molecule has 44 heavy (non-hydrogen) atoms. The molecule has 1 aliphatic carbocycles. The van der Waals surface area contributed by atoms with Crippen LogP contribution in [0.2, 0.25) is 0 Å². The van der Waals surface area contributed by atoms with Crippen molar-refractivity contribution in [2.75, 3.05) is 0 Å². The highest BCUT2D eigenvalue weighted by molar-refractivity contribution is 5.83. The predicted molar refractivity (Wildman–Crippen MR) is 176 cm³/mol. The van der Waals surface area contributed by atoms with E-state index >= 15 is 0 Å². The van der Waals surface area contributed by atoms with Gasteiger partial charge in [-0.1, -0.05) is 82.3 Å². The van der Waals surface area contributed by atoms with E-state index in [-0.39, 0.29) is 29.9 Å². The van der Waals surface area contributed by atoms with Gasteiger partial charge in [0.1, 0.15) is 0 Å². The van der Waals surface area contributed by atoms with Crippen LogP contribution in [0.4, 0.5) is 0 Å². The smallest absolute Gasteiger partial charge is 0.227 e. The molecule has 0 spiro atoms. The lowest BCUT2D eigenvalue weighted by atomic mass is 9.87. The molecule has 0 saturated carbocycles. The number of aliphatic hydroxyl groups is 1. The van der Waals surface area contributed by atoms with E-state index in [1.54, 1.807) is 0 Å². The normalized spacial score (nSPS) is 15.5. The molecular formula is C38H46N4O2. The molecule has 230 valence electrons. The third-order valence-corrected chi connectivity index (χ3v) is 8.86. The van der Waals surface area contributed by atoms with Gasteiger partial charge in [0.15, 0.2) is 0 Å². The summed E-state index contributed by atoms with van der Waals surface area (Å²) in [4.78, 5) is 25.2. The van der Waals surface area contributed by atoms with E-state index in [1.165, 1.54) is 11.1 Å². The van der Waals surface area contributed by atoms with Crippen LogP contribution >= 0.6 is 0 Å². The number of aromatic nitrogens is 2. The minimum Gasteiger partial charge on any atom is -0.392 e. The van der Waals surface area contributed by atoms with E-state index in [2.05, 4.69) is 61.3 Å². The number of nitrogens with one attached hydrogen (secondary N) is 1. The number of hydrogen-bond donors (Lipinski definition) is 2. The van der Waals surface area contributed by atoms with Crippen molar-refractivity contribution in [3.8, 4) is 0 Å². The molecule has 1 amide bonds. The van der Waals surface area contributed by atoms with Crippen LogP contribution in [0.15, 0.2) is 85.2 Å². The van der Waals surface area contributed by atoms with Gasteiger partial charge in [-0.05, 0) is 82.7 Å². The van der Waals surface area contributed by atoms with Gasteiger partial charge in [-0.3, -0.25) is 19.7 Å². The Morgan fingerprint density at radius 3 is 2.55 bits per heavy atom. The van der Waals surface area contributed by atoms with Crippen LogP contribution in [0.25, 0.3) is 0 Å². The first-order valence-corrected chi connectivity index (χ1v) is 15.9. The summed E-state index contributed by atoms with van der Waals surface area (Å²) in [7, 11) is 0. The Labute approximate surface area is 262 Å². The Bertz CT molecular complexity index is 1550. The molecule has 2 unspecified atom stereocenters. The largest absolute Gasteiger partial charge is 0.392 e. The third kappa shape index (κ3) is 7.61. The molecule has 2 aromatic heterocycles. The third-order valence-electron chi connectivity index (χ3n) is 8.86. The number of carbonyl (C=O) groups excluding carboxylic acids is 1. The van der Waals surface area contributed by atoms with Gasteiger partial charge >= 0.3 is 0 Å².